The first kappa shape index (κ1) is 13.9. The molecule has 1 fully saturated rings. The van der Waals surface area contributed by atoms with Crippen molar-refractivity contribution in [3.05, 3.63) is 38.9 Å². The second-order valence-electron chi connectivity index (χ2n) is 6.14. The van der Waals surface area contributed by atoms with Gasteiger partial charge in [0.1, 0.15) is 0 Å². The van der Waals surface area contributed by atoms with E-state index in [0.29, 0.717) is 16.7 Å². The number of anilines is 1. The molecule has 3 rings (SSSR count). The Morgan fingerprint density at radius 2 is 1.81 bits per heavy atom. The summed E-state index contributed by atoms with van der Waals surface area (Å²) in [4.78, 5) is 23.8. The molecular formula is C16H21N3O2. The zero-order valence-corrected chi connectivity index (χ0v) is 12.2. The molecule has 1 aromatic carbocycles. The van der Waals surface area contributed by atoms with Crippen molar-refractivity contribution >= 4 is 16.5 Å². The molecule has 0 aliphatic heterocycles. The molecule has 2 aromatic rings. The molecule has 0 radical (unpaired) electrons. The van der Waals surface area contributed by atoms with Gasteiger partial charge < -0.3 is 5.32 Å². The van der Waals surface area contributed by atoms with Gasteiger partial charge >= 0.3 is 0 Å². The Morgan fingerprint density at radius 1 is 1.10 bits per heavy atom. The van der Waals surface area contributed by atoms with E-state index in [9.17, 15) is 9.59 Å². The van der Waals surface area contributed by atoms with Crippen LogP contribution in [0.15, 0.2) is 27.8 Å². The van der Waals surface area contributed by atoms with E-state index in [1.807, 2.05) is 12.1 Å². The van der Waals surface area contributed by atoms with Crippen molar-refractivity contribution in [2.75, 3.05) is 11.9 Å². The van der Waals surface area contributed by atoms with Crippen molar-refractivity contribution in [1.29, 1.82) is 0 Å². The number of hydrogen-bond donors (Lipinski definition) is 3. The maximum Gasteiger partial charge on any atom is 0.272 e. The van der Waals surface area contributed by atoms with Gasteiger partial charge in [0.2, 0.25) is 0 Å². The molecule has 5 heteroatoms. The van der Waals surface area contributed by atoms with Gasteiger partial charge in [-0.05, 0) is 36.8 Å². The van der Waals surface area contributed by atoms with Gasteiger partial charge in [0.15, 0.2) is 0 Å². The third-order valence-corrected chi connectivity index (χ3v) is 4.54. The number of hydrogen-bond acceptors (Lipinski definition) is 3. The molecule has 5 nitrogen and oxygen atoms in total. The summed E-state index contributed by atoms with van der Waals surface area (Å²) >= 11 is 0. The van der Waals surface area contributed by atoms with Crippen molar-refractivity contribution in [2.45, 2.75) is 32.6 Å². The van der Waals surface area contributed by atoms with Crippen LogP contribution in [0.1, 0.15) is 32.6 Å². The number of benzene rings is 1. The van der Waals surface area contributed by atoms with Crippen LogP contribution in [-0.4, -0.2) is 16.7 Å². The highest BCUT2D eigenvalue weighted by Gasteiger charge is 2.18. The van der Waals surface area contributed by atoms with Gasteiger partial charge in [0, 0.05) is 12.2 Å². The number of aromatic amines is 2. The lowest BCUT2D eigenvalue weighted by atomic mass is 9.83. The van der Waals surface area contributed by atoms with Gasteiger partial charge in [-0.15, -0.1) is 0 Å². The Morgan fingerprint density at radius 3 is 2.57 bits per heavy atom. The first-order chi connectivity index (χ1) is 10.1. The average Bonchev–Trinajstić information content (AvgIpc) is 2.50. The molecule has 0 amide bonds. The van der Waals surface area contributed by atoms with Crippen molar-refractivity contribution in [1.82, 2.24) is 10.2 Å². The summed E-state index contributed by atoms with van der Waals surface area (Å²) in [5.41, 5.74) is 0.225. The molecule has 1 heterocycles. The highest BCUT2D eigenvalue weighted by atomic mass is 16.1. The van der Waals surface area contributed by atoms with Crippen molar-refractivity contribution in [2.24, 2.45) is 11.8 Å². The number of aromatic nitrogens is 2. The Balaban J connectivity index is 1.83. The predicted octanol–water partition coefficient (Wildman–Crippen LogP) is 2.45. The molecule has 0 bridgehead atoms. The third-order valence-electron chi connectivity index (χ3n) is 4.54. The fraction of sp³-hybridized carbons (Fsp3) is 0.500. The molecule has 0 atom stereocenters. The van der Waals surface area contributed by atoms with Gasteiger partial charge in [-0.2, -0.15) is 0 Å². The van der Waals surface area contributed by atoms with Crippen LogP contribution in [0.25, 0.3) is 10.8 Å². The molecule has 1 aliphatic carbocycles. The van der Waals surface area contributed by atoms with Gasteiger partial charge in [-0.1, -0.05) is 25.8 Å². The van der Waals surface area contributed by atoms with E-state index < -0.39 is 0 Å². The van der Waals surface area contributed by atoms with E-state index in [1.165, 1.54) is 25.7 Å². The summed E-state index contributed by atoms with van der Waals surface area (Å²) < 4.78 is 0. The van der Waals surface area contributed by atoms with Crippen molar-refractivity contribution in [3.8, 4) is 0 Å². The summed E-state index contributed by atoms with van der Waals surface area (Å²) in [5, 5.41) is 9.00. The summed E-state index contributed by atoms with van der Waals surface area (Å²) in [6, 6.07) is 5.35. The standard InChI is InChI=1S/C16H21N3O2/c1-10-5-7-11(8-6-10)9-17-13-4-2-3-12-14(13)16(21)19-18-15(12)20/h2-4,10-11,17H,5-9H2,1H3,(H,18,20)(H,19,21). The topological polar surface area (TPSA) is 77.8 Å². The van der Waals surface area contributed by atoms with Crippen LogP contribution in [0, 0.1) is 11.8 Å². The number of nitrogens with one attached hydrogen (secondary N) is 3. The lowest BCUT2D eigenvalue weighted by Gasteiger charge is -2.26. The van der Waals surface area contributed by atoms with Crippen molar-refractivity contribution in [3.63, 3.8) is 0 Å². The first-order valence-corrected chi connectivity index (χ1v) is 7.62. The van der Waals surface area contributed by atoms with Crippen LogP contribution in [0.2, 0.25) is 0 Å². The zero-order chi connectivity index (χ0) is 14.8. The normalized spacial score (nSPS) is 22.3. The third kappa shape index (κ3) is 2.86. The summed E-state index contributed by atoms with van der Waals surface area (Å²) in [7, 11) is 0. The highest BCUT2D eigenvalue weighted by Crippen LogP contribution is 2.28. The van der Waals surface area contributed by atoms with Crippen LogP contribution in [0.3, 0.4) is 0 Å². The molecule has 0 spiro atoms. The maximum atomic E-state index is 12.0. The van der Waals surface area contributed by atoms with Gasteiger partial charge in [-0.3, -0.25) is 19.8 Å². The molecule has 21 heavy (non-hydrogen) atoms. The largest absolute Gasteiger partial charge is 0.384 e. The first-order valence-electron chi connectivity index (χ1n) is 7.62. The van der Waals surface area contributed by atoms with Crippen molar-refractivity contribution < 1.29 is 0 Å². The second-order valence-corrected chi connectivity index (χ2v) is 6.14. The lowest BCUT2D eigenvalue weighted by Crippen LogP contribution is -2.23. The van der Waals surface area contributed by atoms with Crippen LogP contribution in [0.4, 0.5) is 5.69 Å². The minimum atomic E-state index is -0.264. The fourth-order valence-electron chi connectivity index (χ4n) is 3.16. The Hall–Kier alpha value is -2.04. The molecule has 1 aliphatic rings. The molecular weight excluding hydrogens is 266 g/mol. The molecule has 112 valence electrons. The number of H-pyrrole nitrogens is 2. The van der Waals surface area contributed by atoms with Crippen LogP contribution >= 0.6 is 0 Å². The van der Waals surface area contributed by atoms with E-state index in [4.69, 9.17) is 0 Å². The Kier molecular flexibility index (Phi) is 3.82. The van der Waals surface area contributed by atoms with E-state index in [1.54, 1.807) is 6.07 Å². The average molecular weight is 287 g/mol. The zero-order valence-electron chi connectivity index (χ0n) is 12.2. The summed E-state index contributed by atoms with van der Waals surface area (Å²) in [5.74, 6) is 1.48. The Bertz CT molecular complexity index is 739. The van der Waals surface area contributed by atoms with Crippen LogP contribution in [-0.2, 0) is 0 Å². The highest BCUT2D eigenvalue weighted by molar-refractivity contribution is 5.92. The van der Waals surface area contributed by atoms with Crippen LogP contribution < -0.4 is 16.4 Å². The molecule has 1 saturated carbocycles. The summed E-state index contributed by atoms with van der Waals surface area (Å²) in [6.45, 7) is 3.16. The number of fused-ring (bicyclic) bond motifs is 1. The van der Waals surface area contributed by atoms with E-state index in [0.717, 1.165) is 18.2 Å². The van der Waals surface area contributed by atoms with Gasteiger partial charge in [0.05, 0.1) is 10.8 Å². The number of rotatable bonds is 3. The lowest BCUT2D eigenvalue weighted by molar-refractivity contribution is 0.300. The maximum absolute atomic E-state index is 12.0. The smallest absolute Gasteiger partial charge is 0.272 e. The van der Waals surface area contributed by atoms with Gasteiger partial charge in [0.25, 0.3) is 11.1 Å². The monoisotopic (exact) mass is 287 g/mol. The predicted molar refractivity (Wildman–Crippen MR) is 84.8 cm³/mol. The SMILES string of the molecule is CC1CCC(CNc2cccc3c(=O)[nH][nH]c(=O)c23)CC1. The van der Waals surface area contributed by atoms with E-state index in [2.05, 4.69) is 22.4 Å². The van der Waals surface area contributed by atoms with Crippen LogP contribution in [0.5, 0.6) is 0 Å². The quantitative estimate of drug-likeness (QED) is 0.811. The Labute approximate surface area is 122 Å². The minimum absolute atomic E-state index is 0.259. The molecule has 3 N–H and O–H groups in total. The second kappa shape index (κ2) is 5.76. The van der Waals surface area contributed by atoms with Gasteiger partial charge in [-0.25, -0.2) is 0 Å². The molecule has 1 aromatic heterocycles. The molecule has 0 saturated heterocycles. The molecule has 0 unspecified atom stereocenters. The minimum Gasteiger partial charge on any atom is -0.384 e. The van der Waals surface area contributed by atoms with E-state index in [-0.39, 0.29) is 11.1 Å². The fourth-order valence-corrected chi connectivity index (χ4v) is 3.16. The summed E-state index contributed by atoms with van der Waals surface area (Å²) in [6.07, 6.45) is 5.02. The van der Waals surface area contributed by atoms with E-state index >= 15 is 0 Å².